The maximum atomic E-state index is 12.2. The SMILES string of the molecule is CCC(N)CC(=O)N(CCC(C)C)CCC(C)C. The Morgan fingerprint density at radius 1 is 1.06 bits per heavy atom. The lowest BCUT2D eigenvalue weighted by atomic mass is 10.1. The first kappa shape index (κ1) is 17.4. The van der Waals surface area contributed by atoms with Gasteiger partial charge in [0.2, 0.25) is 5.91 Å². The van der Waals surface area contributed by atoms with E-state index in [4.69, 9.17) is 5.73 Å². The summed E-state index contributed by atoms with van der Waals surface area (Å²) in [6.45, 7) is 12.6. The quantitative estimate of drug-likeness (QED) is 0.689. The Morgan fingerprint density at radius 2 is 1.50 bits per heavy atom. The molecular formula is C15H32N2O. The summed E-state index contributed by atoms with van der Waals surface area (Å²) in [6, 6.07) is 0.0121. The highest BCUT2D eigenvalue weighted by molar-refractivity contribution is 5.76. The molecule has 0 spiro atoms. The first-order valence-corrected chi connectivity index (χ1v) is 7.40. The maximum absolute atomic E-state index is 12.2. The molecule has 0 aromatic rings. The zero-order valence-corrected chi connectivity index (χ0v) is 12.9. The monoisotopic (exact) mass is 256 g/mol. The summed E-state index contributed by atoms with van der Waals surface area (Å²) < 4.78 is 0. The van der Waals surface area contributed by atoms with Crippen LogP contribution in [0.1, 0.15) is 60.3 Å². The molecule has 0 aliphatic carbocycles. The summed E-state index contributed by atoms with van der Waals surface area (Å²) in [6.07, 6.45) is 3.51. The summed E-state index contributed by atoms with van der Waals surface area (Å²) in [5, 5.41) is 0. The molecule has 18 heavy (non-hydrogen) atoms. The van der Waals surface area contributed by atoms with Crippen LogP contribution in [0.4, 0.5) is 0 Å². The summed E-state index contributed by atoms with van der Waals surface area (Å²) in [5.41, 5.74) is 5.88. The molecule has 0 radical (unpaired) electrons. The largest absolute Gasteiger partial charge is 0.343 e. The number of amides is 1. The number of nitrogens with two attached hydrogens (primary N) is 1. The van der Waals surface area contributed by atoms with Crippen molar-refractivity contribution >= 4 is 5.91 Å². The zero-order valence-electron chi connectivity index (χ0n) is 12.9. The molecule has 3 nitrogen and oxygen atoms in total. The van der Waals surface area contributed by atoms with E-state index in [1.165, 1.54) is 0 Å². The van der Waals surface area contributed by atoms with E-state index in [-0.39, 0.29) is 11.9 Å². The summed E-state index contributed by atoms with van der Waals surface area (Å²) >= 11 is 0. The average Bonchev–Trinajstić information content (AvgIpc) is 2.27. The number of hydrogen-bond donors (Lipinski definition) is 1. The molecule has 1 amide bonds. The fourth-order valence-electron chi connectivity index (χ4n) is 1.69. The van der Waals surface area contributed by atoms with Crippen LogP contribution in [0.3, 0.4) is 0 Å². The van der Waals surface area contributed by atoms with Crippen LogP contribution in [0, 0.1) is 11.8 Å². The van der Waals surface area contributed by atoms with E-state index in [2.05, 4.69) is 27.7 Å². The second-order valence-corrected chi connectivity index (χ2v) is 6.12. The summed E-state index contributed by atoms with van der Waals surface area (Å²) in [4.78, 5) is 14.2. The molecule has 3 heteroatoms. The molecule has 1 unspecified atom stereocenters. The van der Waals surface area contributed by atoms with E-state index in [1.54, 1.807) is 0 Å². The Balaban J connectivity index is 4.29. The van der Waals surface area contributed by atoms with Crippen LogP contribution in [0.2, 0.25) is 0 Å². The Labute approximate surface area is 113 Å². The molecule has 0 fully saturated rings. The van der Waals surface area contributed by atoms with Gasteiger partial charge in [0.15, 0.2) is 0 Å². The van der Waals surface area contributed by atoms with E-state index in [9.17, 15) is 4.79 Å². The average molecular weight is 256 g/mol. The van der Waals surface area contributed by atoms with E-state index < -0.39 is 0 Å². The minimum Gasteiger partial charge on any atom is -0.343 e. The van der Waals surface area contributed by atoms with Gasteiger partial charge >= 0.3 is 0 Å². The van der Waals surface area contributed by atoms with Crippen LogP contribution in [-0.2, 0) is 4.79 Å². The molecule has 2 N–H and O–H groups in total. The predicted molar refractivity (Wildman–Crippen MR) is 78.4 cm³/mol. The van der Waals surface area contributed by atoms with Gasteiger partial charge in [-0.1, -0.05) is 34.6 Å². The van der Waals surface area contributed by atoms with Crippen molar-refractivity contribution in [1.82, 2.24) is 4.90 Å². The fourth-order valence-corrected chi connectivity index (χ4v) is 1.69. The Kier molecular flexibility index (Phi) is 9.08. The van der Waals surface area contributed by atoms with Gasteiger partial charge in [0.1, 0.15) is 0 Å². The number of hydrogen-bond acceptors (Lipinski definition) is 2. The molecule has 0 rings (SSSR count). The van der Waals surface area contributed by atoms with Crippen LogP contribution in [0.15, 0.2) is 0 Å². The molecule has 1 atom stereocenters. The zero-order chi connectivity index (χ0) is 14.1. The van der Waals surface area contributed by atoms with E-state index >= 15 is 0 Å². The smallest absolute Gasteiger partial charge is 0.224 e. The predicted octanol–water partition coefficient (Wildman–Crippen LogP) is 3.03. The third kappa shape index (κ3) is 8.51. The van der Waals surface area contributed by atoms with E-state index in [0.717, 1.165) is 32.4 Å². The lowest BCUT2D eigenvalue weighted by Gasteiger charge is -2.25. The highest BCUT2D eigenvalue weighted by atomic mass is 16.2. The van der Waals surface area contributed by atoms with Gasteiger partial charge in [-0.15, -0.1) is 0 Å². The molecule has 108 valence electrons. The van der Waals surface area contributed by atoms with Crippen LogP contribution < -0.4 is 5.73 Å². The van der Waals surface area contributed by atoms with Gasteiger partial charge in [0.05, 0.1) is 0 Å². The third-order valence-electron chi connectivity index (χ3n) is 3.27. The van der Waals surface area contributed by atoms with Gasteiger partial charge in [-0.3, -0.25) is 4.79 Å². The number of carbonyl (C=O) groups excluding carboxylic acids is 1. The minimum absolute atomic E-state index is 0.0121. The van der Waals surface area contributed by atoms with Crippen molar-refractivity contribution < 1.29 is 4.79 Å². The summed E-state index contributed by atoms with van der Waals surface area (Å²) in [5.74, 6) is 1.50. The minimum atomic E-state index is 0.0121. The normalized spacial score (nSPS) is 13.1. The maximum Gasteiger partial charge on any atom is 0.224 e. The molecule has 0 bridgehead atoms. The van der Waals surface area contributed by atoms with Gasteiger partial charge in [-0.25, -0.2) is 0 Å². The molecule has 0 saturated carbocycles. The lowest BCUT2D eigenvalue weighted by Crippen LogP contribution is -2.37. The Hall–Kier alpha value is -0.570. The van der Waals surface area contributed by atoms with Crippen LogP contribution in [0.25, 0.3) is 0 Å². The molecule has 0 aromatic heterocycles. The van der Waals surface area contributed by atoms with Crippen molar-refractivity contribution in [3.63, 3.8) is 0 Å². The molecular weight excluding hydrogens is 224 g/mol. The number of nitrogens with zero attached hydrogens (tertiary/aromatic N) is 1. The van der Waals surface area contributed by atoms with E-state index in [1.807, 2.05) is 11.8 Å². The van der Waals surface area contributed by atoms with Gasteiger partial charge in [0.25, 0.3) is 0 Å². The van der Waals surface area contributed by atoms with Gasteiger partial charge in [-0.05, 0) is 31.1 Å². The van der Waals surface area contributed by atoms with Crippen LogP contribution >= 0.6 is 0 Å². The van der Waals surface area contributed by atoms with Crippen LogP contribution in [0.5, 0.6) is 0 Å². The topological polar surface area (TPSA) is 46.3 Å². The van der Waals surface area contributed by atoms with Gasteiger partial charge in [0, 0.05) is 25.6 Å². The first-order valence-electron chi connectivity index (χ1n) is 7.40. The van der Waals surface area contributed by atoms with Crippen molar-refractivity contribution in [2.45, 2.75) is 66.3 Å². The Morgan fingerprint density at radius 3 is 1.83 bits per heavy atom. The molecule has 0 heterocycles. The second kappa shape index (κ2) is 9.37. The van der Waals surface area contributed by atoms with Crippen molar-refractivity contribution in [3.8, 4) is 0 Å². The number of rotatable bonds is 9. The highest BCUT2D eigenvalue weighted by Crippen LogP contribution is 2.09. The summed E-state index contributed by atoms with van der Waals surface area (Å²) in [7, 11) is 0. The second-order valence-electron chi connectivity index (χ2n) is 6.12. The fraction of sp³-hybridized carbons (Fsp3) is 0.933. The third-order valence-corrected chi connectivity index (χ3v) is 3.27. The van der Waals surface area contributed by atoms with Crippen LogP contribution in [-0.4, -0.2) is 29.9 Å². The molecule has 0 aliphatic rings. The van der Waals surface area contributed by atoms with Crippen molar-refractivity contribution in [2.24, 2.45) is 17.6 Å². The first-order chi connectivity index (χ1) is 8.36. The van der Waals surface area contributed by atoms with E-state index in [0.29, 0.717) is 18.3 Å². The number of carbonyl (C=O) groups is 1. The molecule has 0 saturated heterocycles. The highest BCUT2D eigenvalue weighted by Gasteiger charge is 2.16. The molecule has 0 aliphatic heterocycles. The molecule has 0 aromatic carbocycles. The van der Waals surface area contributed by atoms with Gasteiger partial charge in [-0.2, -0.15) is 0 Å². The van der Waals surface area contributed by atoms with Crippen molar-refractivity contribution in [3.05, 3.63) is 0 Å². The van der Waals surface area contributed by atoms with Gasteiger partial charge < -0.3 is 10.6 Å². The Bertz CT molecular complexity index is 215. The van der Waals surface area contributed by atoms with Crippen molar-refractivity contribution in [2.75, 3.05) is 13.1 Å². The standard InChI is InChI=1S/C15H32N2O/c1-6-14(16)11-15(18)17(9-7-12(2)3)10-8-13(4)5/h12-14H,6-11,16H2,1-5H3. The van der Waals surface area contributed by atoms with Crippen molar-refractivity contribution in [1.29, 1.82) is 0 Å². The lowest BCUT2D eigenvalue weighted by molar-refractivity contribution is -0.131.